The van der Waals surface area contributed by atoms with Gasteiger partial charge < -0.3 is 9.47 Å². The molecule has 3 aromatic rings. The first-order valence-electron chi connectivity index (χ1n) is 7.27. The van der Waals surface area contributed by atoms with E-state index in [1.54, 1.807) is 35.9 Å². The molecule has 1 unspecified atom stereocenters. The van der Waals surface area contributed by atoms with Crippen molar-refractivity contribution in [3.8, 4) is 11.8 Å². The number of ether oxygens (including phenoxy) is 2. The lowest BCUT2D eigenvalue weighted by atomic mass is 10.3. The van der Waals surface area contributed by atoms with Crippen LogP contribution in [0.1, 0.15) is 0 Å². The van der Waals surface area contributed by atoms with E-state index in [1.165, 1.54) is 4.57 Å². The Hall–Kier alpha value is -2.74. The van der Waals surface area contributed by atoms with Crippen LogP contribution < -0.4 is 20.7 Å². The number of aromatic amines is 1. The van der Waals surface area contributed by atoms with Gasteiger partial charge in [0, 0.05) is 12.1 Å². The van der Waals surface area contributed by atoms with Gasteiger partial charge in [-0.25, -0.2) is 4.79 Å². The van der Waals surface area contributed by atoms with Gasteiger partial charge in [0.05, 0.1) is 6.54 Å². The van der Waals surface area contributed by atoms with E-state index >= 15 is 0 Å². The molecule has 0 aliphatic carbocycles. The molecule has 1 N–H and O–H groups in total. The van der Waals surface area contributed by atoms with Gasteiger partial charge in [0.15, 0.2) is 17.3 Å². The summed E-state index contributed by atoms with van der Waals surface area (Å²) in [7, 11) is 1.55. The van der Waals surface area contributed by atoms with Gasteiger partial charge in [-0.2, -0.15) is 4.98 Å². The lowest BCUT2D eigenvalue weighted by Crippen LogP contribution is -2.30. The van der Waals surface area contributed by atoms with Crippen molar-refractivity contribution in [2.75, 3.05) is 6.61 Å². The van der Waals surface area contributed by atoms with E-state index in [0.29, 0.717) is 41.1 Å². The van der Waals surface area contributed by atoms with Gasteiger partial charge in [-0.3, -0.25) is 18.9 Å². The molecule has 9 heteroatoms. The van der Waals surface area contributed by atoms with Crippen LogP contribution in [-0.2, 0) is 13.6 Å². The quantitative estimate of drug-likeness (QED) is 0.760. The summed E-state index contributed by atoms with van der Waals surface area (Å²) < 4.78 is 14.3. The van der Waals surface area contributed by atoms with Gasteiger partial charge in [-0.15, -0.1) is 0 Å². The van der Waals surface area contributed by atoms with Crippen LogP contribution in [0.2, 0.25) is 5.02 Å². The number of benzene rings is 1. The summed E-state index contributed by atoms with van der Waals surface area (Å²) >= 11 is 5.83. The number of nitrogens with zero attached hydrogens (tertiary/aromatic N) is 3. The van der Waals surface area contributed by atoms with Crippen molar-refractivity contribution in [3.63, 3.8) is 0 Å². The highest BCUT2D eigenvalue weighted by Gasteiger charge is 2.29. The maximum Gasteiger partial charge on any atom is 0.329 e. The van der Waals surface area contributed by atoms with Crippen molar-refractivity contribution < 1.29 is 9.47 Å². The number of halogens is 1. The Morgan fingerprint density at radius 1 is 1.38 bits per heavy atom. The summed E-state index contributed by atoms with van der Waals surface area (Å²) in [6, 6.07) is 7.33. The third-order valence-corrected chi connectivity index (χ3v) is 4.13. The van der Waals surface area contributed by atoms with Crippen molar-refractivity contribution >= 4 is 22.8 Å². The molecule has 2 aromatic heterocycles. The summed E-state index contributed by atoms with van der Waals surface area (Å²) in [5, 5.41) is 0.635. The molecule has 3 heterocycles. The Bertz CT molecular complexity index is 1030. The zero-order valence-corrected chi connectivity index (χ0v) is 13.4. The molecular weight excluding hydrogens is 336 g/mol. The number of imidazole rings is 1. The van der Waals surface area contributed by atoms with Crippen LogP contribution in [0.5, 0.6) is 11.8 Å². The molecule has 24 heavy (non-hydrogen) atoms. The monoisotopic (exact) mass is 348 g/mol. The standard InChI is InChI=1S/C15H13ClN4O4/c1-19-12-11(13(21)18-14(19)22)20-6-10(24-15(20)17-12)7-23-9-4-2-8(16)3-5-9/h2-5,10H,6-7H2,1H3,(H,18,21,22). The smallest absolute Gasteiger partial charge is 0.329 e. The van der Waals surface area contributed by atoms with Crippen LogP contribution in [0.4, 0.5) is 0 Å². The number of nitrogens with one attached hydrogen (secondary N) is 1. The molecule has 0 radical (unpaired) electrons. The first-order chi connectivity index (χ1) is 11.5. The molecular formula is C15H13ClN4O4. The molecule has 8 nitrogen and oxygen atoms in total. The van der Waals surface area contributed by atoms with Gasteiger partial charge >= 0.3 is 5.69 Å². The molecule has 1 atom stereocenters. The summed E-state index contributed by atoms with van der Waals surface area (Å²) in [5.74, 6) is 0.678. The summed E-state index contributed by atoms with van der Waals surface area (Å²) in [4.78, 5) is 30.2. The minimum atomic E-state index is -0.508. The van der Waals surface area contributed by atoms with Crippen LogP contribution >= 0.6 is 11.6 Å². The predicted octanol–water partition coefficient (Wildman–Crippen LogP) is 0.917. The zero-order valence-electron chi connectivity index (χ0n) is 12.7. The lowest BCUT2D eigenvalue weighted by Gasteiger charge is -2.11. The molecule has 1 aromatic carbocycles. The van der Waals surface area contributed by atoms with Crippen molar-refractivity contribution in [2.24, 2.45) is 7.05 Å². The number of hydrogen-bond acceptors (Lipinski definition) is 5. The molecule has 0 saturated heterocycles. The molecule has 4 rings (SSSR count). The maximum atomic E-state index is 12.1. The molecule has 0 saturated carbocycles. The summed E-state index contributed by atoms with van der Waals surface area (Å²) in [5.41, 5.74) is -0.362. The molecule has 1 aliphatic rings. The van der Waals surface area contributed by atoms with E-state index in [-0.39, 0.29) is 6.10 Å². The minimum absolute atomic E-state index is 0.274. The average molecular weight is 349 g/mol. The maximum absolute atomic E-state index is 12.1. The number of aromatic nitrogens is 4. The number of H-pyrrole nitrogens is 1. The Morgan fingerprint density at radius 3 is 2.88 bits per heavy atom. The summed E-state index contributed by atoms with van der Waals surface area (Å²) in [6.07, 6.45) is -0.274. The third kappa shape index (κ3) is 2.35. The molecule has 1 aliphatic heterocycles. The van der Waals surface area contributed by atoms with Crippen LogP contribution in [-0.4, -0.2) is 31.8 Å². The Morgan fingerprint density at radius 2 is 2.12 bits per heavy atom. The topological polar surface area (TPSA) is 91.1 Å². The summed E-state index contributed by atoms with van der Waals surface area (Å²) in [6.45, 7) is 0.719. The van der Waals surface area contributed by atoms with Crippen molar-refractivity contribution in [1.82, 2.24) is 19.1 Å². The van der Waals surface area contributed by atoms with Crippen LogP contribution in [0.25, 0.3) is 11.2 Å². The van der Waals surface area contributed by atoms with E-state index in [1.807, 2.05) is 0 Å². The van der Waals surface area contributed by atoms with E-state index < -0.39 is 11.2 Å². The zero-order chi connectivity index (χ0) is 16.8. The van der Waals surface area contributed by atoms with Crippen molar-refractivity contribution in [2.45, 2.75) is 12.6 Å². The fourth-order valence-corrected chi connectivity index (χ4v) is 2.80. The lowest BCUT2D eigenvalue weighted by molar-refractivity contribution is 0.144. The fraction of sp³-hybridized carbons (Fsp3) is 0.267. The van der Waals surface area contributed by atoms with E-state index in [0.717, 1.165) is 0 Å². The number of aryl methyl sites for hydroxylation is 1. The Kier molecular flexibility index (Phi) is 3.34. The van der Waals surface area contributed by atoms with E-state index in [2.05, 4.69) is 9.97 Å². The van der Waals surface area contributed by atoms with Crippen LogP contribution in [0.15, 0.2) is 33.9 Å². The average Bonchev–Trinajstić information content (AvgIpc) is 3.09. The van der Waals surface area contributed by atoms with Crippen LogP contribution in [0, 0.1) is 0 Å². The first-order valence-corrected chi connectivity index (χ1v) is 7.65. The highest BCUT2D eigenvalue weighted by Crippen LogP contribution is 2.25. The molecule has 0 amide bonds. The molecule has 0 spiro atoms. The minimum Gasteiger partial charge on any atom is -0.490 e. The predicted molar refractivity (Wildman–Crippen MR) is 87.0 cm³/mol. The van der Waals surface area contributed by atoms with Crippen molar-refractivity contribution in [3.05, 3.63) is 50.1 Å². The van der Waals surface area contributed by atoms with E-state index in [9.17, 15) is 9.59 Å². The second-order valence-corrected chi connectivity index (χ2v) is 5.94. The van der Waals surface area contributed by atoms with Gasteiger partial charge in [0.2, 0.25) is 0 Å². The molecule has 0 fully saturated rings. The highest BCUT2D eigenvalue weighted by atomic mass is 35.5. The third-order valence-electron chi connectivity index (χ3n) is 3.88. The Labute approximate surface area is 140 Å². The van der Waals surface area contributed by atoms with Gasteiger partial charge in [0.25, 0.3) is 11.6 Å². The van der Waals surface area contributed by atoms with Gasteiger partial charge in [0.1, 0.15) is 12.4 Å². The largest absolute Gasteiger partial charge is 0.490 e. The van der Waals surface area contributed by atoms with Gasteiger partial charge in [-0.05, 0) is 24.3 Å². The highest BCUT2D eigenvalue weighted by molar-refractivity contribution is 6.30. The molecule has 0 bridgehead atoms. The second kappa shape index (κ2) is 5.41. The van der Waals surface area contributed by atoms with E-state index in [4.69, 9.17) is 21.1 Å². The van der Waals surface area contributed by atoms with Crippen LogP contribution in [0.3, 0.4) is 0 Å². The first kappa shape index (κ1) is 14.8. The molecule has 124 valence electrons. The fourth-order valence-electron chi connectivity index (χ4n) is 2.67. The number of hydrogen-bond donors (Lipinski definition) is 1. The van der Waals surface area contributed by atoms with Gasteiger partial charge in [-0.1, -0.05) is 11.6 Å². The second-order valence-electron chi connectivity index (χ2n) is 5.50. The van der Waals surface area contributed by atoms with Crippen molar-refractivity contribution in [1.29, 1.82) is 0 Å². The normalized spacial score (nSPS) is 16.2. The Balaban J connectivity index is 1.56. The number of fused-ring (bicyclic) bond motifs is 3. The SMILES string of the molecule is Cn1c(=O)[nH]c(=O)c2c1nc1n2CC(COc2ccc(Cl)cc2)O1. The number of rotatable bonds is 3.